The van der Waals surface area contributed by atoms with Crippen molar-refractivity contribution in [1.29, 1.82) is 10.5 Å². The number of benzene rings is 3. The second kappa shape index (κ2) is 9.55. The van der Waals surface area contributed by atoms with Crippen molar-refractivity contribution in [2.45, 2.75) is 31.5 Å². The first kappa shape index (κ1) is 23.9. The van der Waals surface area contributed by atoms with E-state index in [1.807, 2.05) is 48.5 Å². The van der Waals surface area contributed by atoms with Crippen LogP contribution in [0.4, 0.5) is 8.78 Å². The van der Waals surface area contributed by atoms with E-state index in [0.717, 1.165) is 17.2 Å². The highest BCUT2D eigenvalue weighted by Gasteiger charge is 2.45. The molecule has 6 heteroatoms. The summed E-state index contributed by atoms with van der Waals surface area (Å²) < 4.78 is 29.6. The van der Waals surface area contributed by atoms with Crippen molar-refractivity contribution in [3.63, 3.8) is 0 Å². The van der Waals surface area contributed by atoms with E-state index >= 15 is 4.39 Å². The van der Waals surface area contributed by atoms with Crippen molar-refractivity contribution in [3.05, 3.63) is 105 Å². The Hall–Kier alpha value is -3.25. The zero-order chi connectivity index (χ0) is 24.5. The van der Waals surface area contributed by atoms with Crippen molar-refractivity contribution < 1.29 is 8.78 Å². The van der Waals surface area contributed by atoms with Gasteiger partial charge in [-0.2, -0.15) is 10.5 Å². The minimum absolute atomic E-state index is 0.0673. The number of halogens is 3. The van der Waals surface area contributed by atoms with Crippen LogP contribution >= 0.6 is 11.6 Å². The van der Waals surface area contributed by atoms with Crippen molar-refractivity contribution in [1.82, 2.24) is 4.90 Å². The monoisotopic (exact) mass is 475 g/mol. The van der Waals surface area contributed by atoms with Crippen molar-refractivity contribution in [2.24, 2.45) is 5.92 Å². The van der Waals surface area contributed by atoms with Crippen molar-refractivity contribution in [2.75, 3.05) is 13.1 Å². The normalized spacial score (nSPS) is 16.2. The molecule has 0 aromatic heterocycles. The van der Waals surface area contributed by atoms with E-state index in [9.17, 15) is 14.9 Å². The van der Waals surface area contributed by atoms with E-state index in [4.69, 9.17) is 11.6 Å². The molecule has 3 aromatic carbocycles. The van der Waals surface area contributed by atoms with Gasteiger partial charge in [-0.15, -0.1) is 0 Å². The van der Waals surface area contributed by atoms with Gasteiger partial charge in [-0.25, -0.2) is 8.78 Å². The lowest BCUT2D eigenvalue weighted by Crippen LogP contribution is -2.53. The third kappa shape index (κ3) is 4.97. The summed E-state index contributed by atoms with van der Waals surface area (Å²) in [6.45, 7) is 4.18. The molecular weight excluding hydrogens is 452 g/mol. The minimum atomic E-state index is -1.60. The molecular formula is C28H24ClF2N3. The van der Waals surface area contributed by atoms with Crippen LogP contribution in [0.5, 0.6) is 0 Å². The molecule has 0 bridgehead atoms. The Morgan fingerprint density at radius 1 is 0.912 bits per heavy atom. The van der Waals surface area contributed by atoms with Gasteiger partial charge in [0.05, 0.1) is 29.3 Å². The average Bonchev–Trinajstić information content (AvgIpc) is 2.77. The standard InChI is InChI=1S/C28H24ClF2N3/c1-28(2,31)26(22-11-19(15-33)12-25(30)13-22)23-16-34(17-23)27(20-6-8-24(29)9-7-20)21-5-3-4-18(10-21)14-32/h3-13,23,26-27H,16-17H2,1-2H3/t26-,27+/m1/s1. The topological polar surface area (TPSA) is 50.8 Å². The van der Waals surface area contributed by atoms with Crippen LogP contribution in [-0.4, -0.2) is 23.7 Å². The van der Waals surface area contributed by atoms with Crippen LogP contribution < -0.4 is 0 Å². The number of alkyl halides is 1. The molecule has 2 atom stereocenters. The van der Waals surface area contributed by atoms with E-state index in [2.05, 4.69) is 11.0 Å². The quantitative estimate of drug-likeness (QED) is 0.395. The largest absolute Gasteiger partial charge is 0.292 e. The van der Waals surface area contributed by atoms with Gasteiger partial charge >= 0.3 is 0 Å². The van der Waals surface area contributed by atoms with Crippen LogP contribution in [0.15, 0.2) is 66.7 Å². The SMILES string of the molecule is CC(C)(F)[C@H](c1cc(F)cc(C#N)c1)C1CN([C@@H](c2ccc(Cl)cc2)c2cccc(C#N)c2)C1. The van der Waals surface area contributed by atoms with Gasteiger partial charge in [0, 0.05) is 24.0 Å². The van der Waals surface area contributed by atoms with Gasteiger partial charge in [-0.05, 0) is 78.9 Å². The molecule has 0 spiro atoms. The summed E-state index contributed by atoms with van der Waals surface area (Å²) in [5.74, 6) is -1.17. The molecule has 34 heavy (non-hydrogen) atoms. The molecule has 0 amide bonds. The van der Waals surface area contributed by atoms with Crippen LogP contribution in [0, 0.1) is 34.4 Å². The molecule has 0 N–H and O–H groups in total. The molecule has 1 aliphatic rings. The molecule has 1 heterocycles. The number of hydrogen-bond acceptors (Lipinski definition) is 3. The highest BCUT2D eigenvalue weighted by Crippen LogP contribution is 2.45. The molecule has 3 nitrogen and oxygen atoms in total. The maximum Gasteiger partial charge on any atom is 0.124 e. The Balaban J connectivity index is 1.66. The Kier molecular flexibility index (Phi) is 6.71. The summed E-state index contributed by atoms with van der Waals surface area (Å²) in [6.07, 6.45) is 0. The Labute approximate surface area is 203 Å². The summed E-state index contributed by atoms with van der Waals surface area (Å²) in [5, 5.41) is 19.3. The first-order chi connectivity index (χ1) is 16.2. The van der Waals surface area contributed by atoms with E-state index in [-0.39, 0.29) is 17.5 Å². The number of nitrogens with zero attached hydrogens (tertiary/aromatic N) is 3. The zero-order valence-corrected chi connectivity index (χ0v) is 19.7. The third-order valence-electron chi connectivity index (χ3n) is 6.44. The van der Waals surface area contributed by atoms with Crippen LogP contribution in [0.1, 0.15) is 53.6 Å². The average molecular weight is 476 g/mol. The van der Waals surface area contributed by atoms with E-state index in [1.54, 1.807) is 12.1 Å². The zero-order valence-electron chi connectivity index (χ0n) is 19.0. The Morgan fingerprint density at radius 3 is 2.18 bits per heavy atom. The van der Waals surface area contributed by atoms with Crippen LogP contribution in [0.2, 0.25) is 5.02 Å². The molecule has 1 saturated heterocycles. The van der Waals surface area contributed by atoms with Gasteiger partial charge in [-0.3, -0.25) is 4.90 Å². The van der Waals surface area contributed by atoms with Gasteiger partial charge in [0.1, 0.15) is 11.5 Å². The smallest absolute Gasteiger partial charge is 0.124 e. The Morgan fingerprint density at radius 2 is 1.56 bits per heavy atom. The molecule has 0 aliphatic carbocycles. The third-order valence-corrected chi connectivity index (χ3v) is 6.69. The van der Waals surface area contributed by atoms with Crippen molar-refractivity contribution in [3.8, 4) is 12.1 Å². The first-order valence-electron chi connectivity index (χ1n) is 11.1. The predicted octanol–water partition coefficient (Wildman–Crippen LogP) is 6.78. The minimum Gasteiger partial charge on any atom is -0.292 e. The second-order valence-electron chi connectivity index (χ2n) is 9.33. The molecule has 4 rings (SSSR count). The lowest BCUT2D eigenvalue weighted by molar-refractivity contribution is 0.00812. The molecule has 0 radical (unpaired) electrons. The van der Waals surface area contributed by atoms with Gasteiger partial charge in [0.2, 0.25) is 0 Å². The fraction of sp³-hybridized carbons (Fsp3) is 0.286. The number of hydrogen-bond donors (Lipinski definition) is 0. The maximum absolute atomic E-state index is 15.4. The number of nitriles is 2. The lowest BCUT2D eigenvalue weighted by atomic mass is 9.72. The number of rotatable bonds is 6. The molecule has 1 aliphatic heterocycles. The van der Waals surface area contributed by atoms with E-state index in [0.29, 0.717) is 29.2 Å². The fourth-order valence-electron chi connectivity index (χ4n) is 5.09. The van der Waals surface area contributed by atoms with Gasteiger partial charge in [0.25, 0.3) is 0 Å². The summed E-state index contributed by atoms with van der Waals surface area (Å²) in [4.78, 5) is 2.23. The predicted molar refractivity (Wildman–Crippen MR) is 129 cm³/mol. The van der Waals surface area contributed by atoms with Crippen LogP contribution in [0.3, 0.4) is 0 Å². The summed E-state index contributed by atoms with van der Waals surface area (Å²) in [5.41, 5.74) is 1.64. The van der Waals surface area contributed by atoms with Gasteiger partial charge in [0.15, 0.2) is 0 Å². The maximum atomic E-state index is 15.4. The summed E-state index contributed by atoms with van der Waals surface area (Å²) in [6, 6.07) is 23.2. The lowest BCUT2D eigenvalue weighted by Gasteiger charge is -2.50. The van der Waals surface area contributed by atoms with E-state index in [1.165, 1.54) is 19.9 Å². The van der Waals surface area contributed by atoms with Crippen LogP contribution in [-0.2, 0) is 0 Å². The molecule has 3 aromatic rings. The van der Waals surface area contributed by atoms with E-state index < -0.39 is 17.4 Å². The Bertz CT molecular complexity index is 1260. The highest BCUT2D eigenvalue weighted by atomic mass is 35.5. The summed E-state index contributed by atoms with van der Waals surface area (Å²) in [7, 11) is 0. The molecule has 172 valence electrons. The highest BCUT2D eigenvalue weighted by molar-refractivity contribution is 6.30. The van der Waals surface area contributed by atoms with Crippen LogP contribution in [0.25, 0.3) is 0 Å². The van der Waals surface area contributed by atoms with Crippen molar-refractivity contribution >= 4 is 11.6 Å². The fourth-order valence-corrected chi connectivity index (χ4v) is 5.22. The van der Waals surface area contributed by atoms with Gasteiger partial charge in [-0.1, -0.05) is 35.9 Å². The molecule has 0 unspecified atom stereocenters. The van der Waals surface area contributed by atoms with Gasteiger partial charge < -0.3 is 0 Å². The number of likely N-dealkylation sites (tertiary alicyclic amines) is 1. The first-order valence-corrected chi connectivity index (χ1v) is 11.5. The second-order valence-corrected chi connectivity index (χ2v) is 9.77. The summed E-state index contributed by atoms with van der Waals surface area (Å²) >= 11 is 6.11. The molecule has 0 saturated carbocycles. The molecule has 1 fully saturated rings.